The zero-order chi connectivity index (χ0) is 26.5. The SMILES string of the molecule is Clc1ccc2c(NCCN3CCN(C(c4ccccc4)(c4ccccc4)c4ccccc4)CC3)ccnc2c1. The van der Waals surface area contributed by atoms with Crippen molar-refractivity contribution >= 4 is 28.2 Å². The number of nitrogens with zero attached hydrogens (tertiary/aromatic N) is 3. The van der Waals surface area contributed by atoms with Crippen LogP contribution in [-0.4, -0.2) is 54.1 Å². The second kappa shape index (κ2) is 11.6. The smallest absolute Gasteiger partial charge is 0.0973 e. The van der Waals surface area contributed by atoms with Crippen LogP contribution in [0.2, 0.25) is 5.02 Å². The Labute approximate surface area is 235 Å². The maximum absolute atomic E-state index is 6.17. The van der Waals surface area contributed by atoms with Crippen LogP contribution in [0.4, 0.5) is 5.69 Å². The van der Waals surface area contributed by atoms with Gasteiger partial charge in [-0.3, -0.25) is 14.8 Å². The Kier molecular flexibility index (Phi) is 7.60. The number of halogens is 1. The van der Waals surface area contributed by atoms with Gasteiger partial charge in [-0.15, -0.1) is 0 Å². The molecule has 39 heavy (non-hydrogen) atoms. The second-order valence-electron chi connectivity index (χ2n) is 10.1. The van der Waals surface area contributed by atoms with Crippen LogP contribution in [0.15, 0.2) is 121 Å². The first kappa shape index (κ1) is 25.6. The van der Waals surface area contributed by atoms with Crippen LogP contribution < -0.4 is 5.32 Å². The Hall–Kier alpha value is -3.70. The van der Waals surface area contributed by atoms with E-state index < -0.39 is 0 Å². The summed E-state index contributed by atoms with van der Waals surface area (Å²) in [5.41, 5.74) is 5.60. The molecule has 4 nitrogen and oxygen atoms in total. The zero-order valence-electron chi connectivity index (χ0n) is 22.0. The van der Waals surface area contributed by atoms with Gasteiger partial charge < -0.3 is 5.32 Å². The minimum atomic E-state index is -0.342. The van der Waals surface area contributed by atoms with Gasteiger partial charge in [0.1, 0.15) is 0 Å². The number of fused-ring (bicyclic) bond motifs is 1. The topological polar surface area (TPSA) is 31.4 Å². The highest BCUT2D eigenvalue weighted by Gasteiger charge is 2.42. The minimum absolute atomic E-state index is 0.342. The molecular weight excluding hydrogens is 500 g/mol. The van der Waals surface area contributed by atoms with E-state index in [1.165, 1.54) is 16.7 Å². The largest absolute Gasteiger partial charge is 0.383 e. The molecule has 0 aliphatic carbocycles. The molecule has 1 fully saturated rings. The fourth-order valence-corrected chi connectivity index (χ4v) is 6.18. The molecular formula is C34H33ClN4. The summed E-state index contributed by atoms with van der Waals surface area (Å²) in [5, 5.41) is 5.45. The van der Waals surface area contributed by atoms with E-state index in [4.69, 9.17) is 11.6 Å². The lowest BCUT2D eigenvalue weighted by Gasteiger charge is -2.49. The summed E-state index contributed by atoms with van der Waals surface area (Å²) < 4.78 is 0. The minimum Gasteiger partial charge on any atom is -0.383 e. The van der Waals surface area contributed by atoms with Gasteiger partial charge in [0.05, 0.1) is 11.1 Å². The average molecular weight is 533 g/mol. The summed E-state index contributed by atoms with van der Waals surface area (Å²) >= 11 is 6.17. The van der Waals surface area contributed by atoms with Gasteiger partial charge >= 0.3 is 0 Å². The van der Waals surface area contributed by atoms with E-state index in [9.17, 15) is 0 Å². The van der Waals surface area contributed by atoms with Crippen molar-refractivity contribution in [1.82, 2.24) is 14.8 Å². The molecule has 196 valence electrons. The van der Waals surface area contributed by atoms with Crippen molar-refractivity contribution < 1.29 is 0 Å². The van der Waals surface area contributed by atoms with Gasteiger partial charge in [0.25, 0.3) is 0 Å². The van der Waals surface area contributed by atoms with Crippen LogP contribution in [0, 0.1) is 0 Å². The monoisotopic (exact) mass is 532 g/mol. The lowest BCUT2D eigenvalue weighted by Crippen LogP contribution is -2.57. The normalized spacial score (nSPS) is 14.9. The summed E-state index contributed by atoms with van der Waals surface area (Å²) in [4.78, 5) is 9.71. The number of benzene rings is 4. The first-order chi connectivity index (χ1) is 19.2. The predicted octanol–water partition coefficient (Wildman–Crippen LogP) is 6.91. The lowest BCUT2D eigenvalue weighted by molar-refractivity contribution is 0.0751. The van der Waals surface area contributed by atoms with Gasteiger partial charge in [0.2, 0.25) is 0 Å². The Bertz CT molecular complexity index is 1400. The number of pyridine rings is 1. The van der Waals surface area contributed by atoms with Crippen LogP contribution in [0.3, 0.4) is 0 Å². The van der Waals surface area contributed by atoms with E-state index in [1.54, 1.807) is 0 Å². The van der Waals surface area contributed by atoms with Crippen molar-refractivity contribution in [1.29, 1.82) is 0 Å². The summed E-state index contributed by atoms with van der Waals surface area (Å²) in [7, 11) is 0. The fourth-order valence-electron chi connectivity index (χ4n) is 6.02. The summed E-state index contributed by atoms with van der Waals surface area (Å²) in [6, 6.07) is 40.9. The molecule has 0 radical (unpaired) electrons. The van der Waals surface area contributed by atoms with Crippen LogP contribution in [-0.2, 0) is 5.54 Å². The highest BCUT2D eigenvalue weighted by molar-refractivity contribution is 6.31. The third-order valence-corrected chi connectivity index (χ3v) is 8.10. The Balaban J connectivity index is 1.21. The van der Waals surface area contributed by atoms with Gasteiger partial charge in [-0.1, -0.05) is 103 Å². The van der Waals surface area contributed by atoms with Gasteiger partial charge in [-0.05, 0) is 41.0 Å². The van der Waals surface area contributed by atoms with Crippen molar-refractivity contribution in [2.75, 3.05) is 44.6 Å². The molecule has 0 bridgehead atoms. The van der Waals surface area contributed by atoms with Gasteiger partial charge in [-0.25, -0.2) is 0 Å². The molecule has 1 aliphatic rings. The number of hydrogen-bond donors (Lipinski definition) is 1. The predicted molar refractivity (Wildman–Crippen MR) is 162 cm³/mol. The van der Waals surface area contributed by atoms with Gasteiger partial charge in [0.15, 0.2) is 0 Å². The Morgan fingerprint density at radius 1 is 0.692 bits per heavy atom. The van der Waals surface area contributed by atoms with Crippen LogP contribution in [0.5, 0.6) is 0 Å². The quantitative estimate of drug-likeness (QED) is 0.220. The molecule has 0 amide bonds. The first-order valence-corrected chi connectivity index (χ1v) is 14.0. The van der Waals surface area contributed by atoms with Crippen LogP contribution in [0.25, 0.3) is 10.9 Å². The number of nitrogens with one attached hydrogen (secondary N) is 1. The van der Waals surface area contributed by atoms with Crippen LogP contribution in [0.1, 0.15) is 16.7 Å². The number of rotatable bonds is 8. The van der Waals surface area contributed by atoms with Crippen LogP contribution >= 0.6 is 11.6 Å². The van der Waals surface area contributed by atoms with Crippen molar-refractivity contribution in [2.45, 2.75) is 5.54 Å². The van der Waals surface area contributed by atoms with E-state index in [0.717, 1.165) is 55.9 Å². The third kappa shape index (κ3) is 5.16. The highest BCUT2D eigenvalue weighted by Crippen LogP contribution is 2.42. The number of aromatic nitrogens is 1. The molecule has 0 atom stereocenters. The van der Waals surface area contributed by atoms with E-state index in [1.807, 2.05) is 30.5 Å². The van der Waals surface area contributed by atoms with Crippen molar-refractivity contribution in [3.05, 3.63) is 143 Å². The third-order valence-electron chi connectivity index (χ3n) is 7.87. The molecule has 1 N–H and O–H groups in total. The van der Waals surface area contributed by atoms with Crippen molar-refractivity contribution in [2.24, 2.45) is 0 Å². The summed E-state index contributed by atoms with van der Waals surface area (Å²) in [6.45, 7) is 5.86. The fraction of sp³-hybridized carbons (Fsp3) is 0.206. The van der Waals surface area contributed by atoms with E-state index in [2.05, 4.69) is 111 Å². The lowest BCUT2D eigenvalue weighted by atomic mass is 9.75. The summed E-state index contributed by atoms with van der Waals surface area (Å²) in [6.07, 6.45) is 1.84. The first-order valence-electron chi connectivity index (χ1n) is 13.7. The number of anilines is 1. The molecule has 2 heterocycles. The number of piperazine rings is 1. The highest BCUT2D eigenvalue weighted by atomic mass is 35.5. The van der Waals surface area contributed by atoms with E-state index in [-0.39, 0.29) is 5.54 Å². The molecule has 6 rings (SSSR count). The second-order valence-corrected chi connectivity index (χ2v) is 10.5. The van der Waals surface area contributed by atoms with Gasteiger partial charge in [0, 0.05) is 61.6 Å². The van der Waals surface area contributed by atoms with Gasteiger partial charge in [-0.2, -0.15) is 0 Å². The maximum atomic E-state index is 6.17. The molecule has 4 aromatic carbocycles. The molecule has 0 saturated carbocycles. The zero-order valence-corrected chi connectivity index (χ0v) is 22.8. The van der Waals surface area contributed by atoms with E-state index in [0.29, 0.717) is 5.02 Å². The Morgan fingerprint density at radius 3 is 1.82 bits per heavy atom. The summed E-state index contributed by atoms with van der Waals surface area (Å²) in [5.74, 6) is 0. The Morgan fingerprint density at radius 2 is 1.26 bits per heavy atom. The molecule has 0 unspecified atom stereocenters. The molecule has 1 saturated heterocycles. The molecule has 5 aromatic rings. The van der Waals surface area contributed by atoms with E-state index >= 15 is 0 Å². The number of hydrogen-bond acceptors (Lipinski definition) is 4. The standard InChI is InChI=1S/C34H33ClN4/c35-30-16-17-31-32(18-19-36-33(31)26-30)37-20-21-38-22-24-39(25-23-38)34(27-10-4-1-5-11-27,28-12-6-2-7-13-28)29-14-8-3-9-15-29/h1-19,26H,20-25H2,(H,36,37). The molecule has 1 aromatic heterocycles. The average Bonchev–Trinajstić information content (AvgIpc) is 3.00. The maximum Gasteiger partial charge on any atom is 0.0973 e. The molecule has 5 heteroatoms. The van der Waals surface area contributed by atoms with Crippen molar-refractivity contribution in [3.63, 3.8) is 0 Å². The molecule has 1 aliphatic heterocycles. The van der Waals surface area contributed by atoms with Crippen molar-refractivity contribution in [3.8, 4) is 0 Å². The molecule has 0 spiro atoms.